The molecule has 0 heterocycles. The van der Waals surface area contributed by atoms with E-state index in [0.717, 1.165) is 77.0 Å². The van der Waals surface area contributed by atoms with E-state index < -0.39 is 34.2 Å². The van der Waals surface area contributed by atoms with Crippen molar-refractivity contribution < 1.29 is 66.6 Å². The van der Waals surface area contributed by atoms with Crippen LogP contribution >= 0.6 is 0 Å². The molecule has 0 amide bonds. The Bertz CT molecular complexity index is 516. The summed E-state index contributed by atoms with van der Waals surface area (Å²) in [4.78, 5) is 32.2. The summed E-state index contributed by atoms with van der Waals surface area (Å²) in [5.74, 6) is -2.71. The molecule has 3 unspecified atom stereocenters. The Labute approximate surface area is 258 Å². The molecule has 0 aromatic heterocycles. The molecular formula is C30H57LuO6. The van der Waals surface area contributed by atoms with Crippen molar-refractivity contribution in [3.63, 3.8) is 0 Å². The molecule has 0 radical (unpaired) electrons. The molecule has 0 aromatic carbocycles. The second-order valence-corrected chi connectivity index (χ2v) is 11.0. The van der Waals surface area contributed by atoms with E-state index in [1.54, 1.807) is 20.8 Å². The van der Waals surface area contributed by atoms with Gasteiger partial charge in [-0.05, 0) is 38.5 Å². The maximum Gasteiger partial charge on any atom is 3.00 e. The molecule has 0 bridgehead atoms. The molecule has 0 aliphatic rings. The van der Waals surface area contributed by atoms with Gasteiger partial charge in [0.1, 0.15) is 0 Å². The van der Waals surface area contributed by atoms with Gasteiger partial charge >= 0.3 is 36.9 Å². The molecule has 6 nitrogen and oxygen atoms in total. The maximum absolute atomic E-state index is 10.7. The minimum atomic E-state index is -0.902. The number of rotatable bonds is 18. The van der Waals surface area contributed by atoms with Gasteiger partial charge in [0.25, 0.3) is 0 Å². The Hall–Kier alpha value is -0.356. The average Bonchev–Trinajstić information content (AvgIpc) is 2.84. The molecule has 0 saturated carbocycles. The molecule has 7 heteroatoms. The van der Waals surface area contributed by atoms with Gasteiger partial charge in [0.05, 0.1) is 0 Å². The molecule has 3 atom stereocenters. The topological polar surface area (TPSA) is 120 Å². The second kappa shape index (κ2) is 24.7. The molecule has 0 fully saturated rings. The SMILES string of the molecule is CCCCCC(C)(CC)C(=O)[O-].CCCCCC(C)(CC)C(=O)[O-].CCCCCC(C)(CC)C(=O)[O-].[Lu+3]. The van der Waals surface area contributed by atoms with Gasteiger partial charge in [0, 0.05) is 34.2 Å². The summed E-state index contributed by atoms with van der Waals surface area (Å²) < 4.78 is 0. The third-order valence-electron chi connectivity index (χ3n) is 7.82. The first-order valence-electron chi connectivity index (χ1n) is 14.3. The Morgan fingerprint density at radius 3 is 0.757 bits per heavy atom. The predicted molar refractivity (Wildman–Crippen MR) is 143 cm³/mol. The number of carbonyl (C=O) groups is 3. The third kappa shape index (κ3) is 20.2. The van der Waals surface area contributed by atoms with Crippen molar-refractivity contribution in [2.75, 3.05) is 0 Å². The zero-order valence-electron chi connectivity index (χ0n) is 25.3. The number of hydrogen-bond donors (Lipinski definition) is 0. The van der Waals surface area contributed by atoms with E-state index in [4.69, 9.17) is 0 Å². The number of aliphatic carboxylic acids is 3. The van der Waals surface area contributed by atoms with E-state index in [2.05, 4.69) is 20.8 Å². The first-order valence-corrected chi connectivity index (χ1v) is 14.3. The fraction of sp³-hybridized carbons (Fsp3) is 0.900. The van der Waals surface area contributed by atoms with Crippen molar-refractivity contribution in [3.05, 3.63) is 0 Å². The Balaban J connectivity index is -0.000000218. The molecule has 0 rings (SSSR count). The van der Waals surface area contributed by atoms with Crippen LogP contribution in [0.1, 0.15) is 159 Å². The molecule has 0 saturated heterocycles. The van der Waals surface area contributed by atoms with Crippen LogP contribution in [0.3, 0.4) is 0 Å². The molecule has 0 aliphatic heterocycles. The van der Waals surface area contributed by atoms with E-state index in [-0.39, 0.29) is 36.9 Å². The zero-order chi connectivity index (χ0) is 28.8. The number of hydrogen-bond acceptors (Lipinski definition) is 6. The molecule has 228 valence electrons. The van der Waals surface area contributed by atoms with Crippen molar-refractivity contribution in [1.29, 1.82) is 0 Å². The van der Waals surface area contributed by atoms with Crippen molar-refractivity contribution >= 4 is 17.9 Å². The fourth-order valence-electron chi connectivity index (χ4n) is 3.57. The maximum atomic E-state index is 10.7. The van der Waals surface area contributed by atoms with Crippen LogP contribution in [0, 0.1) is 53.1 Å². The third-order valence-corrected chi connectivity index (χ3v) is 7.82. The van der Waals surface area contributed by atoms with Gasteiger partial charge in [-0.1, -0.05) is 120 Å². The number of carbonyl (C=O) groups excluding carboxylic acids is 3. The summed E-state index contributed by atoms with van der Waals surface area (Å²) in [6.07, 6.45) is 14.0. The first-order chi connectivity index (χ1) is 16.7. The van der Waals surface area contributed by atoms with E-state index in [0.29, 0.717) is 19.3 Å². The largest absolute Gasteiger partial charge is 3.00 e. The Morgan fingerprint density at radius 2 is 0.649 bits per heavy atom. The summed E-state index contributed by atoms with van der Waals surface area (Å²) in [5.41, 5.74) is -1.81. The molecular weight excluding hydrogens is 631 g/mol. The van der Waals surface area contributed by atoms with E-state index in [9.17, 15) is 29.7 Å². The monoisotopic (exact) mass is 688 g/mol. The summed E-state index contributed by atoms with van der Waals surface area (Å²) in [7, 11) is 0. The average molecular weight is 689 g/mol. The van der Waals surface area contributed by atoms with Crippen LogP contribution in [0.25, 0.3) is 0 Å². The number of carboxylic acid groups (broad SMARTS) is 3. The second-order valence-electron chi connectivity index (χ2n) is 11.0. The van der Waals surface area contributed by atoms with Crippen molar-refractivity contribution in [2.24, 2.45) is 16.2 Å². The number of unbranched alkanes of at least 4 members (excludes halogenated alkanes) is 6. The van der Waals surface area contributed by atoms with Crippen LogP contribution in [0.2, 0.25) is 0 Å². The smallest absolute Gasteiger partial charge is 0.550 e. The van der Waals surface area contributed by atoms with Crippen LogP contribution in [0.4, 0.5) is 0 Å². The normalized spacial score (nSPS) is 15.2. The number of carboxylic acids is 3. The van der Waals surface area contributed by atoms with E-state index in [1.807, 2.05) is 20.8 Å². The van der Waals surface area contributed by atoms with Crippen LogP contribution in [-0.4, -0.2) is 17.9 Å². The Kier molecular flexibility index (Phi) is 29.1. The standard InChI is InChI=1S/3C10H20O2.Lu/c3*1-4-6-7-8-10(3,5-2)9(11)12;/h3*4-8H2,1-3H3,(H,11,12);/q;;;+3/p-3. The van der Waals surface area contributed by atoms with Gasteiger partial charge in [-0.2, -0.15) is 0 Å². The van der Waals surface area contributed by atoms with Gasteiger partial charge in [0.15, 0.2) is 0 Å². The molecule has 0 aromatic rings. The summed E-state index contributed by atoms with van der Waals surface area (Å²) >= 11 is 0. The van der Waals surface area contributed by atoms with Gasteiger partial charge in [-0.3, -0.25) is 0 Å². The van der Waals surface area contributed by atoms with Crippen molar-refractivity contribution in [1.82, 2.24) is 0 Å². The summed E-state index contributed by atoms with van der Waals surface area (Å²) in [5, 5.41) is 32.2. The van der Waals surface area contributed by atoms with Crippen LogP contribution in [-0.2, 0) is 14.4 Å². The molecule has 0 spiro atoms. The minimum Gasteiger partial charge on any atom is -0.550 e. The molecule has 37 heavy (non-hydrogen) atoms. The van der Waals surface area contributed by atoms with Gasteiger partial charge in [-0.25, -0.2) is 0 Å². The van der Waals surface area contributed by atoms with Crippen LogP contribution in [0.5, 0.6) is 0 Å². The summed E-state index contributed by atoms with van der Waals surface area (Å²) in [6.45, 7) is 17.4. The first kappa shape index (κ1) is 43.7. The zero-order valence-corrected chi connectivity index (χ0v) is 27.0. The summed E-state index contributed by atoms with van der Waals surface area (Å²) in [6, 6.07) is 0. The Morgan fingerprint density at radius 1 is 0.459 bits per heavy atom. The van der Waals surface area contributed by atoms with Gasteiger partial charge < -0.3 is 29.7 Å². The molecule has 0 aliphatic carbocycles. The fourth-order valence-corrected chi connectivity index (χ4v) is 3.57. The molecule has 0 N–H and O–H groups in total. The quantitative estimate of drug-likeness (QED) is 0.183. The van der Waals surface area contributed by atoms with Crippen LogP contribution < -0.4 is 15.3 Å². The van der Waals surface area contributed by atoms with Crippen LogP contribution in [0.15, 0.2) is 0 Å². The predicted octanol–water partition coefficient (Wildman–Crippen LogP) is 5.20. The van der Waals surface area contributed by atoms with Crippen molar-refractivity contribution in [3.8, 4) is 0 Å². The van der Waals surface area contributed by atoms with Crippen molar-refractivity contribution in [2.45, 2.75) is 159 Å². The van der Waals surface area contributed by atoms with Gasteiger partial charge in [0.2, 0.25) is 0 Å². The van der Waals surface area contributed by atoms with E-state index >= 15 is 0 Å². The minimum absolute atomic E-state index is 0. The van der Waals surface area contributed by atoms with Gasteiger partial charge in [-0.15, -0.1) is 0 Å². The van der Waals surface area contributed by atoms with E-state index in [1.165, 1.54) is 0 Å².